The maximum Gasteiger partial charge on any atom is 0.316 e. The third kappa shape index (κ3) is 5.42. The molecule has 0 atom stereocenters. The van der Waals surface area contributed by atoms with E-state index in [1.54, 1.807) is 16.3 Å². The molecule has 0 unspecified atom stereocenters. The predicted octanol–water partition coefficient (Wildman–Crippen LogP) is 1.55. The summed E-state index contributed by atoms with van der Waals surface area (Å²) in [5.74, 6) is -0.571. The predicted molar refractivity (Wildman–Crippen MR) is 120 cm³/mol. The van der Waals surface area contributed by atoms with E-state index in [-0.39, 0.29) is 38.0 Å². The minimum absolute atomic E-state index is 0.118. The Morgan fingerprint density at radius 2 is 1.71 bits per heavy atom. The molecule has 13 heteroatoms. The summed E-state index contributed by atoms with van der Waals surface area (Å²) in [6.07, 6.45) is 0. The van der Waals surface area contributed by atoms with Crippen LogP contribution in [0.25, 0.3) is 0 Å². The summed E-state index contributed by atoms with van der Waals surface area (Å²) < 4.78 is 9.35. The molecule has 3 heterocycles. The Balaban J connectivity index is 1.44. The van der Waals surface area contributed by atoms with Crippen LogP contribution >= 0.6 is 34.2 Å². The van der Waals surface area contributed by atoms with Gasteiger partial charge in [-0.2, -0.15) is 15.2 Å². The Labute approximate surface area is 197 Å². The standard InChI is InChI=1S/C18H22ClIN8O3/c1-9-15(19)11(3)27(24-9)7-13-23-18(31-26-13)17(30)22-6-5-21-14(29)8-28-12(4)16(20)10(2)25-28/h5-8H2,1-4H3,(H,21,29)(H,22,30). The first-order valence-corrected chi connectivity index (χ1v) is 10.9. The van der Waals surface area contributed by atoms with Gasteiger partial charge in [-0.15, -0.1) is 0 Å². The van der Waals surface area contributed by atoms with E-state index in [2.05, 4.69) is 53.6 Å². The molecule has 31 heavy (non-hydrogen) atoms. The van der Waals surface area contributed by atoms with Crippen LogP contribution in [0, 0.1) is 31.3 Å². The summed E-state index contributed by atoms with van der Waals surface area (Å²) >= 11 is 8.33. The molecule has 0 aromatic carbocycles. The highest BCUT2D eigenvalue weighted by Gasteiger charge is 2.17. The summed E-state index contributed by atoms with van der Waals surface area (Å²) in [5, 5.41) is 18.4. The number of carbonyl (C=O) groups excluding carboxylic acids is 2. The zero-order chi connectivity index (χ0) is 22.7. The average Bonchev–Trinajstić information content (AvgIpc) is 3.36. The lowest BCUT2D eigenvalue weighted by Crippen LogP contribution is -2.36. The van der Waals surface area contributed by atoms with Crippen molar-refractivity contribution < 1.29 is 14.1 Å². The van der Waals surface area contributed by atoms with E-state index in [4.69, 9.17) is 16.1 Å². The van der Waals surface area contributed by atoms with Crippen LogP contribution in [-0.4, -0.2) is 54.6 Å². The molecule has 3 aromatic heterocycles. The van der Waals surface area contributed by atoms with Crippen molar-refractivity contribution in [1.29, 1.82) is 0 Å². The van der Waals surface area contributed by atoms with Crippen molar-refractivity contribution in [2.75, 3.05) is 13.1 Å². The summed E-state index contributed by atoms with van der Waals surface area (Å²) in [6.45, 7) is 8.27. The third-order valence-corrected chi connectivity index (χ3v) is 6.67. The van der Waals surface area contributed by atoms with Gasteiger partial charge < -0.3 is 15.2 Å². The SMILES string of the molecule is Cc1nn(Cc2noc(C(=O)NCCNC(=O)Cn3nc(C)c(I)c3C)n2)c(C)c1Cl. The first-order chi connectivity index (χ1) is 14.7. The average molecular weight is 561 g/mol. The van der Waals surface area contributed by atoms with Crippen LogP contribution in [-0.2, 0) is 17.9 Å². The number of rotatable bonds is 8. The Kier molecular flexibility index (Phi) is 7.30. The molecule has 0 saturated heterocycles. The monoisotopic (exact) mass is 560 g/mol. The Morgan fingerprint density at radius 1 is 1.03 bits per heavy atom. The molecule has 2 amide bonds. The highest BCUT2D eigenvalue weighted by molar-refractivity contribution is 14.1. The zero-order valence-corrected chi connectivity index (χ0v) is 20.4. The molecule has 2 N–H and O–H groups in total. The maximum atomic E-state index is 12.2. The number of halogens is 2. The fraction of sp³-hybridized carbons (Fsp3) is 0.444. The molecule has 0 radical (unpaired) electrons. The largest absolute Gasteiger partial charge is 0.353 e. The summed E-state index contributed by atoms with van der Waals surface area (Å²) in [4.78, 5) is 28.3. The van der Waals surface area contributed by atoms with Crippen LogP contribution in [0.5, 0.6) is 0 Å². The first kappa shape index (κ1) is 23.2. The van der Waals surface area contributed by atoms with Gasteiger partial charge in [0.2, 0.25) is 5.91 Å². The number of aromatic nitrogens is 6. The van der Waals surface area contributed by atoms with Gasteiger partial charge in [-0.3, -0.25) is 19.0 Å². The van der Waals surface area contributed by atoms with Gasteiger partial charge in [0.05, 0.1) is 25.7 Å². The molecular weight excluding hydrogens is 539 g/mol. The Morgan fingerprint density at radius 3 is 2.32 bits per heavy atom. The van der Waals surface area contributed by atoms with Crippen molar-refractivity contribution in [2.45, 2.75) is 40.8 Å². The van der Waals surface area contributed by atoms with Gasteiger partial charge in [0.25, 0.3) is 0 Å². The molecule has 166 valence electrons. The van der Waals surface area contributed by atoms with Gasteiger partial charge in [0.1, 0.15) is 13.1 Å². The number of hydrogen-bond donors (Lipinski definition) is 2. The molecule has 0 aliphatic carbocycles. The lowest BCUT2D eigenvalue weighted by molar-refractivity contribution is -0.121. The van der Waals surface area contributed by atoms with Crippen LogP contribution in [0.15, 0.2) is 4.52 Å². The van der Waals surface area contributed by atoms with Crippen LogP contribution in [0.4, 0.5) is 0 Å². The molecule has 11 nitrogen and oxygen atoms in total. The van der Waals surface area contributed by atoms with Crippen molar-refractivity contribution in [2.24, 2.45) is 0 Å². The number of nitrogens with one attached hydrogen (secondary N) is 2. The quantitative estimate of drug-likeness (QED) is 0.315. The molecule has 3 rings (SSSR count). The van der Waals surface area contributed by atoms with E-state index < -0.39 is 5.91 Å². The van der Waals surface area contributed by atoms with Crippen molar-refractivity contribution in [3.63, 3.8) is 0 Å². The number of aryl methyl sites for hydroxylation is 2. The topological polar surface area (TPSA) is 133 Å². The van der Waals surface area contributed by atoms with Crippen LogP contribution in [0.1, 0.15) is 39.3 Å². The van der Waals surface area contributed by atoms with Gasteiger partial charge in [-0.25, -0.2) is 0 Å². The van der Waals surface area contributed by atoms with E-state index in [9.17, 15) is 9.59 Å². The van der Waals surface area contributed by atoms with Gasteiger partial charge in [-0.05, 0) is 50.3 Å². The highest BCUT2D eigenvalue weighted by Crippen LogP contribution is 2.19. The fourth-order valence-electron chi connectivity index (χ4n) is 2.85. The summed E-state index contributed by atoms with van der Waals surface area (Å²) in [6, 6.07) is 0. The molecule has 0 aliphatic heterocycles. The molecule has 0 bridgehead atoms. The number of nitrogens with zero attached hydrogens (tertiary/aromatic N) is 6. The molecule has 0 aliphatic rings. The summed E-state index contributed by atoms with van der Waals surface area (Å²) in [7, 11) is 0. The van der Waals surface area contributed by atoms with Gasteiger partial charge in [-0.1, -0.05) is 16.8 Å². The van der Waals surface area contributed by atoms with Crippen molar-refractivity contribution in [1.82, 2.24) is 40.3 Å². The second-order valence-electron chi connectivity index (χ2n) is 6.91. The smallest absolute Gasteiger partial charge is 0.316 e. The van der Waals surface area contributed by atoms with E-state index >= 15 is 0 Å². The van der Waals surface area contributed by atoms with Gasteiger partial charge in [0.15, 0.2) is 5.82 Å². The molecular formula is C18H22ClIN8O3. The lowest BCUT2D eigenvalue weighted by Gasteiger charge is -2.07. The van der Waals surface area contributed by atoms with Crippen LogP contribution in [0.2, 0.25) is 5.02 Å². The Bertz CT molecular complexity index is 1120. The molecule has 0 spiro atoms. The van der Waals surface area contributed by atoms with Crippen LogP contribution in [0.3, 0.4) is 0 Å². The van der Waals surface area contributed by atoms with E-state index in [0.29, 0.717) is 16.5 Å². The number of amides is 2. The summed E-state index contributed by atoms with van der Waals surface area (Å²) in [5.41, 5.74) is 3.31. The van der Waals surface area contributed by atoms with E-state index in [1.807, 2.05) is 20.8 Å². The highest BCUT2D eigenvalue weighted by atomic mass is 127. The molecule has 0 saturated carbocycles. The Hall–Kier alpha value is -2.48. The van der Waals surface area contributed by atoms with Crippen molar-refractivity contribution >= 4 is 46.0 Å². The third-order valence-electron chi connectivity index (χ3n) is 4.57. The fourth-order valence-corrected chi connectivity index (χ4v) is 3.37. The minimum Gasteiger partial charge on any atom is -0.353 e. The maximum absolute atomic E-state index is 12.2. The van der Waals surface area contributed by atoms with E-state index in [0.717, 1.165) is 20.7 Å². The second-order valence-corrected chi connectivity index (χ2v) is 8.36. The number of carbonyl (C=O) groups is 2. The van der Waals surface area contributed by atoms with Gasteiger partial charge in [0, 0.05) is 18.8 Å². The van der Waals surface area contributed by atoms with Crippen LogP contribution < -0.4 is 10.6 Å². The number of hydrogen-bond acceptors (Lipinski definition) is 7. The zero-order valence-electron chi connectivity index (χ0n) is 17.5. The van der Waals surface area contributed by atoms with Crippen molar-refractivity contribution in [3.8, 4) is 0 Å². The van der Waals surface area contributed by atoms with Gasteiger partial charge >= 0.3 is 11.8 Å². The minimum atomic E-state index is -0.521. The van der Waals surface area contributed by atoms with E-state index in [1.165, 1.54) is 0 Å². The first-order valence-electron chi connectivity index (χ1n) is 9.43. The lowest BCUT2D eigenvalue weighted by atomic mass is 10.4. The molecule has 0 fully saturated rings. The van der Waals surface area contributed by atoms with Crippen molar-refractivity contribution in [3.05, 3.63) is 43.1 Å². The normalized spacial score (nSPS) is 11.0. The molecule has 3 aromatic rings. The second kappa shape index (κ2) is 9.77.